The van der Waals surface area contributed by atoms with Crippen molar-refractivity contribution in [3.05, 3.63) is 12.7 Å². The van der Waals surface area contributed by atoms with Gasteiger partial charge in [0.25, 0.3) is 0 Å². The lowest BCUT2D eigenvalue weighted by molar-refractivity contribution is -0.122. The molecule has 0 rings (SSSR count). The van der Waals surface area contributed by atoms with Gasteiger partial charge in [-0.3, -0.25) is 9.69 Å². The summed E-state index contributed by atoms with van der Waals surface area (Å²) in [6, 6.07) is 2.16. The van der Waals surface area contributed by atoms with E-state index < -0.39 is 0 Å². The fraction of sp³-hybridized carbons (Fsp3) is 0.636. The van der Waals surface area contributed by atoms with Crippen LogP contribution in [0.2, 0.25) is 0 Å². The van der Waals surface area contributed by atoms with Gasteiger partial charge >= 0.3 is 0 Å². The molecule has 0 aliphatic rings. The minimum atomic E-state index is -0.0443. The number of nitrogens with zero attached hydrogens (tertiary/aromatic N) is 2. The van der Waals surface area contributed by atoms with Crippen molar-refractivity contribution in [3.63, 3.8) is 0 Å². The summed E-state index contributed by atoms with van der Waals surface area (Å²) in [6.07, 6.45) is 1.64. The molecular weight excluding hydrogens is 190 g/mol. The number of amides is 1. The molecule has 0 fully saturated rings. The minimum Gasteiger partial charge on any atom is -0.352 e. The van der Waals surface area contributed by atoms with Crippen molar-refractivity contribution < 1.29 is 4.79 Å². The lowest BCUT2D eigenvalue weighted by Crippen LogP contribution is -2.39. The smallest absolute Gasteiger partial charge is 0.234 e. The first-order valence-electron chi connectivity index (χ1n) is 5.13. The molecule has 0 aromatic rings. The van der Waals surface area contributed by atoms with Crippen LogP contribution in [0.5, 0.6) is 0 Å². The molecule has 4 heteroatoms. The molecule has 4 nitrogen and oxygen atoms in total. The fourth-order valence-electron chi connectivity index (χ4n) is 1.18. The number of hydrogen-bond donors (Lipinski definition) is 1. The first-order chi connectivity index (χ1) is 7.13. The molecular formula is C11H19N3O. The molecule has 1 atom stereocenters. The van der Waals surface area contributed by atoms with Crippen LogP contribution in [0.4, 0.5) is 0 Å². The number of hydrogen-bond acceptors (Lipinski definition) is 3. The van der Waals surface area contributed by atoms with Crippen molar-refractivity contribution in [1.29, 1.82) is 5.26 Å². The molecule has 84 valence electrons. The molecule has 1 N–H and O–H groups in total. The third-order valence-corrected chi connectivity index (χ3v) is 2.01. The lowest BCUT2D eigenvalue weighted by Gasteiger charge is -2.20. The highest BCUT2D eigenvalue weighted by atomic mass is 16.2. The molecule has 0 heterocycles. The Morgan fingerprint density at radius 2 is 2.40 bits per heavy atom. The van der Waals surface area contributed by atoms with Crippen molar-refractivity contribution in [2.45, 2.75) is 13.8 Å². The van der Waals surface area contributed by atoms with Gasteiger partial charge in [0.1, 0.15) is 0 Å². The molecule has 0 bridgehead atoms. The second kappa shape index (κ2) is 8.01. The van der Waals surface area contributed by atoms with Crippen molar-refractivity contribution in [2.75, 3.05) is 26.2 Å². The Morgan fingerprint density at radius 3 is 2.87 bits per heavy atom. The van der Waals surface area contributed by atoms with E-state index in [2.05, 4.69) is 18.0 Å². The van der Waals surface area contributed by atoms with Crippen LogP contribution in [-0.4, -0.2) is 37.0 Å². The molecule has 0 saturated carbocycles. The van der Waals surface area contributed by atoms with Gasteiger partial charge in [-0.1, -0.05) is 13.0 Å². The molecule has 1 unspecified atom stereocenters. The zero-order chi connectivity index (χ0) is 11.7. The van der Waals surface area contributed by atoms with E-state index in [-0.39, 0.29) is 11.8 Å². The van der Waals surface area contributed by atoms with Crippen LogP contribution in [0.3, 0.4) is 0 Å². The van der Waals surface area contributed by atoms with Crippen LogP contribution in [0, 0.1) is 17.2 Å². The van der Waals surface area contributed by atoms with Gasteiger partial charge < -0.3 is 5.32 Å². The van der Waals surface area contributed by atoms with E-state index in [0.717, 1.165) is 6.54 Å². The number of carbonyl (C=O) groups is 1. The van der Waals surface area contributed by atoms with Gasteiger partial charge in [0.2, 0.25) is 5.91 Å². The predicted octanol–water partition coefficient (Wildman–Crippen LogP) is 0.770. The molecule has 15 heavy (non-hydrogen) atoms. The Balaban J connectivity index is 3.93. The van der Waals surface area contributed by atoms with Crippen molar-refractivity contribution in [2.24, 2.45) is 5.92 Å². The van der Waals surface area contributed by atoms with E-state index >= 15 is 0 Å². The second-order valence-electron chi connectivity index (χ2n) is 3.45. The maximum atomic E-state index is 11.4. The third kappa shape index (κ3) is 6.69. The molecule has 0 aliphatic carbocycles. The van der Waals surface area contributed by atoms with Crippen LogP contribution < -0.4 is 5.32 Å². The quantitative estimate of drug-likeness (QED) is 0.630. The zero-order valence-electron chi connectivity index (χ0n) is 9.49. The van der Waals surface area contributed by atoms with E-state index in [1.165, 1.54) is 0 Å². The summed E-state index contributed by atoms with van der Waals surface area (Å²) < 4.78 is 0. The lowest BCUT2D eigenvalue weighted by atomic mass is 10.2. The van der Waals surface area contributed by atoms with E-state index in [9.17, 15) is 4.79 Å². The average molecular weight is 209 g/mol. The Hall–Kier alpha value is -1.34. The second-order valence-corrected chi connectivity index (χ2v) is 3.45. The SMILES string of the molecule is C=CCNC(=O)CN(CC)CC(C)C#N. The van der Waals surface area contributed by atoms with Crippen LogP contribution in [0.25, 0.3) is 0 Å². The minimum absolute atomic E-state index is 0.0260. The van der Waals surface area contributed by atoms with Crippen molar-refractivity contribution >= 4 is 5.91 Å². The normalized spacial score (nSPS) is 11.9. The monoisotopic (exact) mass is 209 g/mol. The molecule has 0 saturated heterocycles. The first kappa shape index (κ1) is 13.7. The van der Waals surface area contributed by atoms with E-state index in [1.807, 2.05) is 18.7 Å². The third-order valence-electron chi connectivity index (χ3n) is 2.01. The predicted molar refractivity (Wildman–Crippen MR) is 60.1 cm³/mol. The van der Waals surface area contributed by atoms with Crippen molar-refractivity contribution in [1.82, 2.24) is 10.2 Å². The summed E-state index contributed by atoms with van der Waals surface area (Å²) in [5.74, 6) is -0.0703. The fourth-order valence-corrected chi connectivity index (χ4v) is 1.18. The number of rotatable bonds is 7. The van der Waals surface area contributed by atoms with Crippen LogP contribution in [0.1, 0.15) is 13.8 Å². The van der Waals surface area contributed by atoms with Gasteiger partial charge in [0, 0.05) is 13.1 Å². The van der Waals surface area contributed by atoms with Crippen LogP contribution >= 0.6 is 0 Å². The van der Waals surface area contributed by atoms with Crippen LogP contribution in [0.15, 0.2) is 12.7 Å². The number of nitrogens with one attached hydrogen (secondary N) is 1. The summed E-state index contributed by atoms with van der Waals surface area (Å²) in [5, 5.41) is 11.4. The summed E-state index contributed by atoms with van der Waals surface area (Å²) in [7, 11) is 0. The molecule has 0 aliphatic heterocycles. The molecule has 1 amide bonds. The van der Waals surface area contributed by atoms with Gasteiger partial charge in [0.05, 0.1) is 18.5 Å². The topological polar surface area (TPSA) is 56.1 Å². The highest BCUT2D eigenvalue weighted by Gasteiger charge is 2.11. The molecule has 0 aromatic carbocycles. The largest absolute Gasteiger partial charge is 0.352 e. The van der Waals surface area contributed by atoms with E-state index in [1.54, 1.807) is 6.08 Å². The summed E-state index contributed by atoms with van der Waals surface area (Å²) in [6.45, 7) is 9.59. The summed E-state index contributed by atoms with van der Waals surface area (Å²) in [4.78, 5) is 13.3. The molecule has 0 spiro atoms. The Morgan fingerprint density at radius 1 is 1.73 bits per heavy atom. The van der Waals surface area contributed by atoms with Gasteiger partial charge in [-0.25, -0.2) is 0 Å². The molecule has 0 aromatic heterocycles. The zero-order valence-corrected chi connectivity index (χ0v) is 9.49. The Bertz CT molecular complexity index is 245. The van der Waals surface area contributed by atoms with E-state index in [0.29, 0.717) is 19.6 Å². The number of carbonyl (C=O) groups excluding carboxylic acids is 1. The van der Waals surface area contributed by atoms with Gasteiger partial charge in [-0.05, 0) is 13.5 Å². The highest BCUT2D eigenvalue weighted by molar-refractivity contribution is 5.78. The Kier molecular flexibility index (Phi) is 7.29. The highest BCUT2D eigenvalue weighted by Crippen LogP contribution is 1.97. The van der Waals surface area contributed by atoms with Gasteiger partial charge in [-0.15, -0.1) is 6.58 Å². The maximum Gasteiger partial charge on any atom is 0.234 e. The summed E-state index contributed by atoms with van der Waals surface area (Å²) >= 11 is 0. The standard InChI is InChI=1S/C11H19N3O/c1-4-6-13-11(15)9-14(5-2)8-10(3)7-12/h4,10H,1,5-6,8-9H2,2-3H3,(H,13,15). The number of likely N-dealkylation sites (N-methyl/N-ethyl adjacent to an activating group) is 1. The van der Waals surface area contributed by atoms with Gasteiger partial charge in [0.15, 0.2) is 0 Å². The Labute approximate surface area is 91.6 Å². The first-order valence-corrected chi connectivity index (χ1v) is 5.13. The number of nitriles is 1. The van der Waals surface area contributed by atoms with Gasteiger partial charge in [-0.2, -0.15) is 5.26 Å². The van der Waals surface area contributed by atoms with Crippen LogP contribution in [-0.2, 0) is 4.79 Å². The maximum absolute atomic E-state index is 11.4. The summed E-state index contributed by atoms with van der Waals surface area (Å²) in [5.41, 5.74) is 0. The molecule has 0 radical (unpaired) electrons. The van der Waals surface area contributed by atoms with Crippen molar-refractivity contribution in [3.8, 4) is 6.07 Å². The van der Waals surface area contributed by atoms with E-state index in [4.69, 9.17) is 5.26 Å². The average Bonchev–Trinajstić information content (AvgIpc) is 2.25.